The van der Waals surface area contributed by atoms with Gasteiger partial charge in [0.25, 0.3) is 0 Å². The first-order valence-corrected chi connectivity index (χ1v) is 8.36. The first-order chi connectivity index (χ1) is 12.2. The molecular formula is C19H19NO5. The quantitative estimate of drug-likeness (QED) is 0.874. The molecule has 0 aromatic heterocycles. The van der Waals surface area contributed by atoms with Gasteiger partial charge in [-0.25, -0.2) is 0 Å². The van der Waals surface area contributed by atoms with Gasteiger partial charge in [-0.15, -0.1) is 0 Å². The van der Waals surface area contributed by atoms with E-state index in [1.807, 2.05) is 18.2 Å². The summed E-state index contributed by atoms with van der Waals surface area (Å²) in [6.07, 6.45) is 0.229. The lowest BCUT2D eigenvalue weighted by molar-refractivity contribution is 0.123. The van der Waals surface area contributed by atoms with E-state index in [0.717, 1.165) is 46.7 Å². The normalized spacial score (nSPS) is 22.2. The molecule has 0 radical (unpaired) electrons. The highest BCUT2D eigenvalue weighted by Crippen LogP contribution is 2.56. The molecule has 2 aromatic rings. The number of hydrogen-bond acceptors (Lipinski definition) is 6. The maximum absolute atomic E-state index is 11.0. The van der Waals surface area contributed by atoms with E-state index < -0.39 is 6.10 Å². The summed E-state index contributed by atoms with van der Waals surface area (Å²) in [7, 11) is 3.21. The molecule has 2 heterocycles. The van der Waals surface area contributed by atoms with Crippen LogP contribution < -0.4 is 24.3 Å². The minimum atomic E-state index is -0.665. The fraction of sp³-hybridized carbons (Fsp3) is 0.368. The van der Waals surface area contributed by atoms with Gasteiger partial charge in [0.1, 0.15) is 0 Å². The van der Waals surface area contributed by atoms with Crippen LogP contribution in [0.2, 0.25) is 0 Å². The van der Waals surface area contributed by atoms with Gasteiger partial charge >= 0.3 is 0 Å². The Kier molecular flexibility index (Phi) is 3.14. The summed E-state index contributed by atoms with van der Waals surface area (Å²) in [5.74, 6) is 2.74. The van der Waals surface area contributed by atoms with Crippen molar-refractivity contribution >= 4 is 0 Å². The summed E-state index contributed by atoms with van der Waals surface area (Å²) in [6, 6.07) is 5.65. The second-order valence-corrected chi connectivity index (χ2v) is 6.48. The van der Waals surface area contributed by atoms with Crippen molar-refractivity contribution in [3.63, 3.8) is 0 Å². The second kappa shape index (κ2) is 5.28. The van der Waals surface area contributed by atoms with Crippen LogP contribution in [0.15, 0.2) is 18.2 Å². The Morgan fingerprint density at radius 3 is 2.72 bits per heavy atom. The van der Waals surface area contributed by atoms with E-state index in [0.29, 0.717) is 11.5 Å². The molecular weight excluding hydrogens is 322 g/mol. The largest absolute Gasteiger partial charge is 0.493 e. The maximum atomic E-state index is 11.0. The van der Waals surface area contributed by atoms with Crippen molar-refractivity contribution in [2.45, 2.75) is 18.6 Å². The fourth-order valence-electron chi connectivity index (χ4n) is 4.21. The van der Waals surface area contributed by atoms with Gasteiger partial charge in [0, 0.05) is 5.56 Å². The molecule has 6 heteroatoms. The van der Waals surface area contributed by atoms with Crippen LogP contribution in [0.5, 0.6) is 23.0 Å². The summed E-state index contributed by atoms with van der Waals surface area (Å²) in [6.45, 7) is 1.03. The number of nitrogens with one attached hydrogen (secondary N) is 1. The van der Waals surface area contributed by atoms with Crippen LogP contribution in [0.1, 0.15) is 28.8 Å². The van der Waals surface area contributed by atoms with Gasteiger partial charge in [-0.3, -0.25) is 0 Å². The third-order valence-electron chi connectivity index (χ3n) is 5.32. The summed E-state index contributed by atoms with van der Waals surface area (Å²) in [5.41, 5.74) is 5.00. The standard InChI is InChI=1S/C19H19NO5/c1-22-12-6-10-11(7-13(12)23-2)18(21)17-15-9(3-4-20-17)5-14-19(16(10)15)25-8-24-14/h5-7,17-18,20-21H,3-4,8H2,1-2H3/t17-,18-/m1/s1. The molecule has 3 aliphatic rings. The Morgan fingerprint density at radius 1 is 1.12 bits per heavy atom. The summed E-state index contributed by atoms with van der Waals surface area (Å²) >= 11 is 0. The van der Waals surface area contributed by atoms with Gasteiger partial charge in [0.2, 0.25) is 6.79 Å². The van der Waals surface area contributed by atoms with Crippen LogP contribution in [0.4, 0.5) is 0 Å². The fourth-order valence-corrected chi connectivity index (χ4v) is 4.21. The van der Waals surface area contributed by atoms with Crippen molar-refractivity contribution in [2.75, 3.05) is 27.6 Å². The highest BCUT2D eigenvalue weighted by molar-refractivity contribution is 5.85. The zero-order valence-corrected chi connectivity index (χ0v) is 14.1. The van der Waals surface area contributed by atoms with Crippen LogP contribution in [-0.4, -0.2) is 32.7 Å². The van der Waals surface area contributed by atoms with E-state index in [1.54, 1.807) is 14.2 Å². The second-order valence-electron chi connectivity index (χ2n) is 6.48. The van der Waals surface area contributed by atoms with Crippen LogP contribution in [0.3, 0.4) is 0 Å². The summed E-state index contributed by atoms with van der Waals surface area (Å²) in [5, 5.41) is 14.5. The van der Waals surface area contributed by atoms with Crippen molar-refractivity contribution in [3.8, 4) is 34.1 Å². The predicted molar refractivity (Wildman–Crippen MR) is 90.5 cm³/mol. The maximum Gasteiger partial charge on any atom is 0.231 e. The first-order valence-electron chi connectivity index (χ1n) is 8.36. The van der Waals surface area contributed by atoms with Crippen molar-refractivity contribution < 1.29 is 24.1 Å². The molecule has 1 aliphatic carbocycles. The zero-order valence-electron chi connectivity index (χ0n) is 14.1. The molecule has 0 amide bonds. The molecule has 25 heavy (non-hydrogen) atoms. The molecule has 0 saturated heterocycles. The summed E-state index contributed by atoms with van der Waals surface area (Å²) < 4.78 is 22.3. The number of aliphatic hydroxyl groups excluding tert-OH is 1. The van der Waals surface area contributed by atoms with Crippen LogP contribution >= 0.6 is 0 Å². The third-order valence-corrected chi connectivity index (χ3v) is 5.32. The van der Waals surface area contributed by atoms with Crippen molar-refractivity contribution in [2.24, 2.45) is 0 Å². The SMILES string of the molecule is COc1cc2c(cc1OC)[C@@H](O)[C@@H]1NCCc3cc4c(c-2c31)OCO4. The lowest BCUT2D eigenvalue weighted by atomic mass is 9.75. The zero-order chi connectivity index (χ0) is 17.1. The Balaban J connectivity index is 1.86. The molecule has 2 atom stereocenters. The topological polar surface area (TPSA) is 69.2 Å². The lowest BCUT2D eigenvalue weighted by Gasteiger charge is -2.38. The van der Waals surface area contributed by atoms with E-state index in [-0.39, 0.29) is 12.8 Å². The van der Waals surface area contributed by atoms with Crippen molar-refractivity contribution in [3.05, 3.63) is 34.9 Å². The Hall–Kier alpha value is -2.44. The van der Waals surface area contributed by atoms with Crippen LogP contribution in [0.25, 0.3) is 11.1 Å². The smallest absolute Gasteiger partial charge is 0.231 e. The number of methoxy groups -OCH3 is 2. The number of fused-ring (bicyclic) bond motifs is 4. The summed E-state index contributed by atoms with van der Waals surface area (Å²) in [4.78, 5) is 0. The van der Waals surface area contributed by atoms with Gasteiger partial charge in [0.05, 0.1) is 26.4 Å². The Bertz CT molecular complexity index is 879. The van der Waals surface area contributed by atoms with Gasteiger partial charge in [-0.2, -0.15) is 0 Å². The van der Waals surface area contributed by atoms with E-state index in [9.17, 15) is 5.11 Å². The molecule has 2 aromatic carbocycles. The number of ether oxygens (including phenoxy) is 4. The highest BCUT2D eigenvalue weighted by Gasteiger charge is 2.40. The van der Waals surface area contributed by atoms with Crippen LogP contribution in [0, 0.1) is 0 Å². The molecule has 0 spiro atoms. The number of hydrogen-bond donors (Lipinski definition) is 2. The minimum absolute atomic E-state index is 0.168. The Morgan fingerprint density at radius 2 is 1.92 bits per heavy atom. The first kappa shape index (κ1) is 14.9. The predicted octanol–water partition coefficient (Wildman–Crippen LogP) is 2.33. The van der Waals surface area contributed by atoms with Gasteiger partial charge in [0.15, 0.2) is 23.0 Å². The third kappa shape index (κ3) is 1.92. The minimum Gasteiger partial charge on any atom is -0.493 e. The molecule has 0 bridgehead atoms. The van der Waals surface area contributed by atoms with E-state index in [2.05, 4.69) is 5.32 Å². The van der Waals surface area contributed by atoms with E-state index in [4.69, 9.17) is 18.9 Å². The highest BCUT2D eigenvalue weighted by atomic mass is 16.7. The number of benzene rings is 2. The average Bonchev–Trinajstić information content (AvgIpc) is 3.11. The van der Waals surface area contributed by atoms with Crippen molar-refractivity contribution in [1.29, 1.82) is 0 Å². The monoisotopic (exact) mass is 341 g/mol. The van der Waals surface area contributed by atoms with Crippen molar-refractivity contribution in [1.82, 2.24) is 5.32 Å². The molecule has 6 nitrogen and oxygen atoms in total. The van der Waals surface area contributed by atoms with Crippen LogP contribution in [-0.2, 0) is 6.42 Å². The average molecular weight is 341 g/mol. The number of rotatable bonds is 2. The van der Waals surface area contributed by atoms with Gasteiger partial charge in [-0.1, -0.05) is 0 Å². The lowest BCUT2D eigenvalue weighted by Crippen LogP contribution is -2.36. The molecule has 0 fully saturated rings. The van der Waals surface area contributed by atoms with Gasteiger partial charge in [-0.05, 0) is 53.4 Å². The molecule has 5 rings (SSSR count). The molecule has 2 aliphatic heterocycles. The molecule has 130 valence electrons. The van der Waals surface area contributed by atoms with E-state index in [1.165, 1.54) is 5.56 Å². The Labute approximate surface area is 145 Å². The molecule has 0 unspecified atom stereocenters. The number of aliphatic hydroxyl groups is 1. The molecule has 0 saturated carbocycles. The van der Waals surface area contributed by atoms with E-state index >= 15 is 0 Å². The van der Waals surface area contributed by atoms with Gasteiger partial charge < -0.3 is 29.4 Å². The molecule has 2 N–H and O–H groups in total.